The van der Waals surface area contributed by atoms with Crippen molar-refractivity contribution in [1.29, 1.82) is 0 Å². The first kappa shape index (κ1) is 20.7. The number of phosphoric acid groups is 1. The van der Waals surface area contributed by atoms with E-state index in [2.05, 4.69) is 10.0 Å². The molecule has 7 atom stereocenters. The molecule has 10 nitrogen and oxygen atoms in total. The van der Waals surface area contributed by atoms with Gasteiger partial charge in [-0.15, -0.1) is 0 Å². The van der Waals surface area contributed by atoms with Gasteiger partial charge in [-0.25, -0.2) is 4.57 Å². The Morgan fingerprint density at radius 1 is 1.28 bits per heavy atom. The summed E-state index contributed by atoms with van der Waals surface area (Å²) in [6, 6.07) is -0.107. The molecule has 0 amide bonds. The zero-order valence-corrected chi connectivity index (χ0v) is 15.6. The third-order valence-electron chi connectivity index (χ3n) is 4.25. The van der Waals surface area contributed by atoms with Crippen LogP contribution >= 0.6 is 7.82 Å². The molecule has 0 saturated carbocycles. The van der Waals surface area contributed by atoms with Crippen LogP contribution in [-0.4, -0.2) is 70.3 Å². The van der Waals surface area contributed by atoms with E-state index in [0.717, 1.165) is 0 Å². The van der Waals surface area contributed by atoms with Gasteiger partial charge in [-0.05, 0) is 24.8 Å². The Kier molecular flexibility index (Phi) is 7.79. The number of hydrogen-bond acceptors (Lipinski definition) is 7. The fourth-order valence-electron chi connectivity index (χ4n) is 3.16. The zero-order valence-electron chi connectivity index (χ0n) is 14.7. The number of azide groups is 1. The minimum Gasteiger partial charge on any atom is -0.381 e. The first-order valence-electron chi connectivity index (χ1n) is 8.43. The van der Waals surface area contributed by atoms with Crippen LogP contribution in [0.2, 0.25) is 0 Å². The zero-order chi connectivity index (χ0) is 18.4. The lowest BCUT2D eigenvalue weighted by Gasteiger charge is -2.23. The van der Waals surface area contributed by atoms with Gasteiger partial charge in [-0.2, -0.15) is 0 Å². The third kappa shape index (κ3) is 6.27. The number of hydrogen-bond donors (Lipinski definition) is 1. The Morgan fingerprint density at radius 2 is 1.92 bits per heavy atom. The van der Waals surface area contributed by atoms with Gasteiger partial charge in [0, 0.05) is 16.9 Å². The molecule has 2 saturated heterocycles. The highest BCUT2D eigenvalue weighted by Crippen LogP contribution is 2.48. The highest BCUT2D eigenvalue weighted by Gasteiger charge is 2.40. The molecule has 0 aliphatic carbocycles. The smallest absolute Gasteiger partial charge is 0.381 e. The van der Waals surface area contributed by atoms with Crippen LogP contribution in [0.1, 0.15) is 26.2 Å². The molecule has 1 N–H and O–H groups in total. The van der Waals surface area contributed by atoms with Gasteiger partial charge in [0.15, 0.2) is 0 Å². The average Bonchev–Trinajstić information content (AvgIpc) is 3.07. The second-order valence-electron chi connectivity index (χ2n) is 6.32. The Hall–Kier alpha value is -0.570. The van der Waals surface area contributed by atoms with Crippen molar-refractivity contribution in [1.82, 2.24) is 0 Å². The van der Waals surface area contributed by atoms with Crippen molar-refractivity contribution in [3.8, 4) is 0 Å². The molecule has 2 aliphatic rings. The summed E-state index contributed by atoms with van der Waals surface area (Å²) >= 11 is 0. The minimum atomic E-state index is -4.25. The Morgan fingerprint density at radius 3 is 2.56 bits per heavy atom. The van der Waals surface area contributed by atoms with Gasteiger partial charge in [0.2, 0.25) is 0 Å². The van der Waals surface area contributed by atoms with E-state index in [9.17, 15) is 9.46 Å². The third-order valence-corrected chi connectivity index (χ3v) is 5.27. The van der Waals surface area contributed by atoms with E-state index in [-0.39, 0.29) is 37.6 Å². The Labute approximate surface area is 148 Å². The summed E-state index contributed by atoms with van der Waals surface area (Å²) in [4.78, 5) is 12.6. The van der Waals surface area contributed by atoms with Gasteiger partial charge in [-0.3, -0.25) is 9.05 Å². The molecule has 0 aromatic rings. The van der Waals surface area contributed by atoms with E-state index in [1.165, 1.54) is 0 Å². The second kappa shape index (κ2) is 9.39. The quantitative estimate of drug-likeness (QED) is 0.198. The largest absolute Gasteiger partial charge is 0.472 e. The lowest BCUT2D eigenvalue weighted by atomic mass is 9.96. The predicted octanol–water partition coefficient (Wildman–Crippen LogP) is 0.0478. The van der Waals surface area contributed by atoms with Gasteiger partial charge in [0.1, 0.15) is 28.5 Å². The average molecular weight is 375 g/mol. The topological polar surface area (TPSA) is 132 Å². The maximum absolute atomic E-state index is 12.2. The maximum atomic E-state index is 12.2. The predicted molar refractivity (Wildman–Crippen MR) is 93.5 cm³/mol. The van der Waals surface area contributed by atoms with Crippen LogP contribution in [0.4, 0.5) is 0 Å². The summed E-state index contributed by atoms with van der Waals surface area (Å²) in [5.74, 6) is 0. The molecule has 2 aliphatic heterocycles. The molecule has 3 unspecified atom stereocenters. The monoisotopic (exact) mass is 375 g/mol. The van der Waals surface area contributed by atoms with Crippen LogP contribution in [0.15, 0.2) is 5.11 Å². The van der Waals surface area contributed by atoms with Gasteiger partial charge in [0.05, 0.1) is 24.9 Å². The van der Waals surface area contributed by atoms with Crippen molar-refractivity contribution in [2.45, 2.75) is 62.6 Å². The van der Waals surface area contributed by atoms with Crippen molar-refractivity contribution in [2.24, 2.45) is 5.11 Å². The Bertz CT molecular complexity index is 539. The van der Waals surface area contributed by atoms with Crippen LogP contribution in [0.25, 0.3) is 10.4 Å². The van der Waals surface area contributed by atoms with E-state index in [4.69, 9.17) is 28.8 Å². The SMILES string of the molecule is B[C@H]1CC(OCN=[N+]=[N-])[C@@H](COP(=O)(O)OC2C[C@H](B)O[C@@H]2CC)O1. The fourth-order valence-corrected chi connectivity index (χ4v) is 4.12. The number of nitrogens with zero attached hydrogens (tertiary/aromatic N) is 3. The van der Waals surface area contributed by atoms with Crippen molar-refractivity contribution >= 4 is 23.5 Å². The molecule has 0 radical (unpaired) electrons. The summed E-state index contributed by atoms with van der Waals surface area (Å²) in [5, 5.41) is 3.32. The van der Waals surface area contributed by atoms with E-state index in [0.29, 0.717) is 19.3 Å². The maximum Gasteiger partial charge on any atom is 0.472 e. The number of rotatable bonds is 9. The van der Waals surface area contributed by atoms with E-state index < -0.39 is 20.0 Å². The van der Waals surface area contributed by atoms with Crippen LogP contribution in [0.5, 0.6) is 0 Å². The molecule has 0 aromatic carbocycles. The van der Waals surface area contributed by atoms with Gasteiger partial charge in [-0.1, -0.05) is 12.0 Å². The molecule has 25 heavy (non-hydrogen) atoms. The Balaban J connectivity index is 1.85. The van der Waals surface area contributed by atoms with Gasteiger partial charge in [0.25, 0.3) is 0 Å². The van der Waals surface area contributed by atoms with E-state index in [1.54, 1.807) is 0 Å². The standard InChI is InChI=1S/C12H24B2N3O7P/c1-2-7-9(4-12(14)22-7)24-25(18,19)21-5-10-8(3-11(13)23-10)20-6-16-17-15/h7-12H,2-6,13-14H2,1H3,(H,18,19)/t7-,8?,9?,10-,11-,12-/m1/s1. The summed E-state index contributed by atoms with van der Waals surface area (Å²) in [6.45, 7) is 1.65. The van der Waals surface area contributed by atoms with Crippen LogP contribution < -0.4 is 0 Å². The van der Waals surface area contributed by atoms with Crippen molar-refractivity contribution in [3.63, 3.8) is 0 Å². The molecule has 0 bridgehead atoms. The minimum absolute atomic E-state index is 0.0209. The van der Waals surface area contributed by atoms with Crippen LogP contribution in [0.3, 0.4) is 0 Å². The fraction of sp³-hybridized carbons (Fsp3) is 1.00. The molecule has 13 heteroatoms. The summed E-state index contributed by atoms with van der Waals surface area (Å²) in [7, 11) is -0.486. The van der Waals surface area contributed by atoms with Crippen molar-refractivity contribution in [3.05, 3.63) is 10.4 Å². The van der Waals surface area contributed by atoms with Crippen LogP contribution in [0, 0.1) is 0 Å². The molecular formula is C12H24B2N3O7P. The number of ether oxygens (including phenoxy) is 3. The first-order valence-corrected chi connectivity index (χ1v) is 9.93. The van der Waals surface area contributed by atoms with Crippen molar-refractivity contribution in [2.75, 3.05) is 13.3 Å². The molecule has 2 heterocycles. The summed E-state index contributed by atoms with van der Waals surface area (Å²) in [6.07, 6.45) is 0.206. The normalized spacial score (nSPS) is 37.5. The lowest BCUT2D eigenvalue weighted by molar-refractivity contribution is -0.0404. The molecule has 0 aromatic heterocycles. The first-order chi connectivity index (χ1) is 11.8. The van der Waals surface area contributed by atoms with Crippen molar-refractivity contribution < 1.29 is 32.7 Å². The van der Waals surface area contributed by atoms with E-state index >= 15 is 0 Å². The van der Waals surface area contributed by atoms with E-state index in [1.807, 2.05) is 22.6 Å². The summed E-state index contributed by atoms with van der Waals surface area (Å²) in [5.41, 5.74) is 8.29. The molecule has 0 spiro atoms. The molecular weight excluding hydrogens is 351 g/mol. The number of phosphoric ester groups is 1. The second-order valence-corrected chi connectivity index (χ2v) is 7.73. The molecule has 2 fully saturated rings. The highest BCUT2D eigenvalue weighted by molar-refractivity contribution is 7.47. The van der Waals surface area contributed by atoms with Gasteiger partial charge < -0.3 is 19.1 Å². The summed E-state index contributed by atoms with van der Waals surface area (Å²) < 4.78 is 39.3. The highest BCUT2D eigenvalue weighted by atomic mass is 31.2. The molecule has 140 valence electrons. The lowest BCUT2D eigenvalue weighted by Crippen LogP contribution is -2.30. The van der Waals surface area contributed by atoms with Gasteiger partial charge >= 0.3 is 7.82 Å². The molecule has 2 rings (SSSR count). The van der Waals surface area contributed by atoms with Crippen LogP contribution in [-0.2, 0) is 27.8 Å².